The number of nitrogens with zero attached hydrogens (tertiary/aromatic N) is 5. The summed E-state index contributed by atoms with van der Waals surface area (Å²) in [5.41, 5.74) is 3.36. The molecule has 25 heavy (non-hydrogen) atoms. The second-order valence-corrected chi connectivity index (χ2v) is 6.44. The summed E-state index contributed by atoms with van der Waals surface area (Å²) in [6, 6.07) is 8.40. The van der Waals surface area contributed by atoms with Crippen LogP contribution in [-0.2, 0) is 6.54 Å². The Kier molecular flexibility index (Phi) is 3.87. The van der Waals surface area contributed by atoms with Gasteiger partial charge in [0, 0.05) is 56.7 Å². The maximum atomic E-state index is 13.3. The highest BCUT2D eigenvalue weighted by atomic mass is 16.2. The van der Waals surface area contributed by atoms with Crippen LogP contribution in [0.25, 0.3) is 5.65 Å². The molecule has 1 aromatic carbocycles. The lowest BCUT2D eigenvalue weighted by atomic mass is 10.1. The van der Waals surface area contributed by atoms with Gasteiger partial charge in [-0.15, -0.1) is 0 Å². The first-order valence-electron chi connectivity index (χ1n) is 8.56. The smallest absolute Gasteiger partial charge is 0.276 e. The van der Waals surface area contributed by atoms with E-state index in [0.717, 1.165) is 18.5 Å². The average molecular weight is 335 g/mol. The molecule has 6 nitrogen and oxygen atoms in total. The Morgan fingerprint density at radius 3 is 2.76 bits per heavy atom. The van der Waals surface area contributed by atoms with Gasteiger partial charge >= 0.3 is 0 Å². The number of likely N-dealkylation sites (N-methyl/N-ethyl adjacent to an activating group) is 1. The molecule has 0 bridgehead atoms. The molecule has 1 unspecified atom stereocenters. The lowest BCUT2D eigenvalue weighted by Gasteiger charge is -2.30. The number of imidazole rings is 1. The molecule has 0 saturated heterocycles. The number of aromatic nitrogens is 3. The first-order chi connectivity index (χ1) is 12.2. The van der Waals surface area contributed by atoms with Gasteiger partial charge in [0.15, 0.2) is 11.3 Å². The zero-order valence-corrected chi connectivity index (χ0v) is 14.5. The number of carbonyl (C=O) groups is 1. The molecular formula is C19H21N5O. The molecule has 6 heteroatoms. The largest absolute Gasteiger partial charge is 0.372 e. The van der Waals surface area contributed by atoms with E-state index in [4.69, 9.17) is 0 Å². The second-order valence-electron chi connectivity index (χ2n) is 6.44. The number of fused-ring (bicyclic) bond motifs is 2. The minimum Gasteiger partial charge on any atom is -0.372 e. The molecule has 3 heterocycles. The minimum atomic E-state index is -0.0613. The van der Waals surface area contributed by atoms with Gasteiger partial charge in [-0.1, -0.05) is 25.1 Å². The fraction of sp³-hybridized carbons (Fsp3) is 0.316. The zero-order chi connectivity index (χ0) is 17.4. The molecule has 0 fully saturated rings. The second kappa shape index (κ2) is 6.20. The highest BCUT2D eigenvalue weighted by molar-refractivity contribution is 5.98. The third-order valence-electron chi connectivity index (χ3n) is 4.91. The van der Waals surface area contributed by atoms with Crippen LogP contribution in [0.15, 0.2) is 49.1 Å². The number of benzene rings is 1. The van der Waals surface area contributed by atoms with Crippen LogP contribution < -0.4 is 4.90 Å². The van der Waals surface area contributed by atoms with E-state index in [0.29, 0.717) is 17.9 Å². The summed E-state index contributed by atoms with van der Waals surface area (Å²) in [6.45, 7) is 3.51. The molecule has 2 aromatic heterocycles. The summed E-state index contributed by atoms with van der Waals surface area (Å²) >= 11 is 0. The van der Waals surface area contributed by atoms with Gasteiger partial charge in [0.1, 0.15) is 0 Å². The molecule has 1 amide bonds. The number of para-hydroxylation sites is 1. The molecule has 0 spiro atoms. The van der Waals surface area contributed by atoms with Crippen molar-refractivity contribution in [3.8, 4) is 0 Å². The van der Waals surface area contributed by atoms with Crippen LogP contribution in [0.4, 0.5) is 5.69 Å². The number of carbonyl (C=O) groups excluding carboxylic acids is 1. The lowest BCUT2D eigenvalue weighted by Crippen LogP contribution is -2.43. The first kappa shape index (κ1) is 15.6. The summed E-state index contributed by atoms with van der Waals surface area (Å²) in [6.07, 6.45) is 7.87. The Bertz CT molecular complexity index is 919. The van der Waals surface area contributed by atoms with Gasteiger partial charge in [-0.25, -0.2) is 9.97 Å². The molecule has 1 aliphatic heterocycles. The van der Waals surface area contributed by atoms with Gasteiger partial charge in [-0.2, -0.15) is 0 Å². The monoisotopic (exact) mass is 335 g/mol. The number of hydrogen-bond donors (Lipinski definition) is 0. The number of amides is 1. The standard InChI is InChI=1S/C19H21N5O/c1-3-15-13-22(2)16-7-5-4-6-14(16)12-24(15)19(25)17-18-21-9-11-23(18)10-8-20-17/h4-11,15H,3,12-13H2,1-2H3. The van der Waals surface area contributed by atoms with Gasteiger partial charge in [0.2, 0.25) is 0 Å². The first-order valence-corrected chi connectivity index (χ1v) is 8.56. The van der Waals surface area contributed by atoms with Gasteiger partial charge in [0.05, 0.1) is 0 Å². The van der Waals surface area contributed by atoms with Crippen molar-refractivity contribution in [1.82, 2.24) is 19.3 Å². The van der Waals surface area contributed by atoms with Crippen LogP contribution in [0.2, 0.25) is 0 Å². The molecule has 3 aromatic rings. The van der Waals surface area contributed by atoms with Crippen LogP contribution in [0.1, 0.15) is 29.4 Å². The van der Waals surface area contributed by atoms with Crippen molar-refractivity contribution in [2.24, 2.45) is 0 Å². The van der Waals surface area contributed by atoms with E-state index in [1.807, 2.05) is 33.8 Å². The van der Waals surface area contributed by atoms with Crippen LogP contribution in [0, 0.1) is 0 Å². The Morgan fingerprint density at radius 1 is 1.20 bits per heavy atom. The van der Waals surface area contributed by atoms with Gasteiger partial charge < -0.3 is 14.2 Å². The predicted octanol–water partition coefficient (Wildman–Crippen LogP) is 2.60. The minimum absolute atomic E-state index is 0.0613. The van der Waals surface area contributed by atoms with Crippen molar-refractivity contribution < 1.29 is 4.79 Å². The van der Waals surface area contributed by atoms with Crippen LogP contribution in [0.5, 0.6) is 0 Å². The summed E-state index contributed by atoms with van der Waals surface area (Å²) in [5.74, 6) is -0.0613. The Morgan fingerprint density at radius 2 is 1.96 bits per heavy atom. The maximum absolute atomic E-state index is 13.3. The molecule has 0 aliphatic carbocycles. The molecular weight excluding hydrogens is 314 g/mol. The SMILES string of the molecule is CCC1CN(C)c2ccccc2CN1C(=O)c1nccn2ccnc12. The summed E-state index contributed by atoms with van der Waals surface area (Å²) < 4.78 is 1.83. The van der Waals surface area contributed by atoms with Crippen molar-refractivity contribution in [2.45, 2.75) is 25.9 Å². The van der Waals surface area contributed by atoms with E-state index < -0.39 is 0 Å². The summed E-state index contributed by atoms with van der Waals surface area (Å²) in [4.78, 5) is 26.2. The van der Waals surface area contributed by atoms with E-state index in [2.05, 4.69) is 41.0 Å². The number of hydrogen-bond acceptors (Lipinski definition) is 4. The molecule has 0 radical (unpaired) electrons. The maximum Gasteiger partial charge on any atom is 0.276 e. The van der Waals surface area contributed by atoms with E-state index in [1.54, 1.807) is 12.4 Å². The third-order valence-corrected chi connectivity index (χ3v) is 4.91. The highest BCUT2D eigenvalue weighted by Crippen LogP contribution is 2.28. The van der Waals surface area contributed by atoms with E-state index in [9.17, 15) is 4.79 Å². The molecule has 0 saturated carbocycles. The average Bonchev–Trinajstić information content (AvgIpc) is 3.07. The normalized spacial score (nSPS) is 17.4. The molecule has 1 aliphatic rings. The highest BCUT2D eigenvalue weighted by Gasteiger charge is 2.31. The third kappa shape index (κ3) is 2.63. The van der Waals surface area contributed by atoms with E-state index in [1.165, 1.54) is 5.69 Å². The van der Waals surface area contributed by atoms with E-state index in [-0.39, 0.29) is 11.9 Å². The van der Waals surface area contributed by atoms with Gasteiger partial charge in [-0.3, -0.25) is 4.79 Å². The number of anilines is 1. The van der Waals surface area contributed by atoms with Crippen molar-refractivity contribution in [3.63, 3.8) is 0 Å². The fourth-order valence-electron chi connectivity index (χ4n) is 3.57. The predicted molar refractivity (Wildman–Crippen MR) is 96.7 cm³/mol. The van der Waals surface area contributed by atoms with Crippen molar-refractivity contribution in [1.29, 1.82) is 0 Å². The van der Waals surface area contributed by atoms with Gasteiger partial charge in [0.25, 0.3) is 5.91 Å². The van der Waals surface area contributed by atoms with Crippen LogP contribution in [0.3, 0.4) is 0 Å². The Hall–Kier alpha value is -2.89. The Balaban J connectivity index is 1.77. The van der Waals surface area contributed by atoms with Crippen molar-refractivity contribution in [2.75, 3.05) is 18.5 Å². The fourth-order valence-corrected chi connectivity index (χ4v) is 3.57. The van der Waals surface area contributed by atoms with Crippen molar-refractivity contribution in [3.05, 3.63) is 60.3 Å². The zero-order valence-electron chi connectivity index (χ0n) is 14.5. The Labute approximate surface area is 146 Å². The topological polar surface area (TPSA) is 53.7 Å². The molecule has 4 rings (SSSR count). The number of rotatable bonds is 2. The molecule has 1 atom stereocenters. The summed E-state index contributed by atoms with van der Waals surface area (Å²) in [7, 11) is 2.09. The van der Waals surface area contributed by atoms with Crippen LogP contribution >= 0.6 is 0 Å². The van der Waals surface area contributed by atoms with Crippen molar-refractivity contribution >= 4 is 17.2 Å². The lowest BCUT2D eigenvalue weighted by molar-refractivity contribution is 0.0663. The molecule has 0 N–H and O–H groups in total. The quantitative estimate of drug-likeness (QED) is 0.722. The van der Waals surface area contributed by atoms with E-state index >= 15 is 0 Å². The van der Waals surface area contributed by atoms with Gasteiger partial charge in [-0.05, 0) is 18.1 Å². The molecule has 128 valence electrons. The summed E-state index contributed by atoms with van der Waals surface area (Å²) in [5, 5.41) is 0. The van der Waals surface area contributed by atoms with Crippen LogP contribution in [-0.4, -0.2) is 44.8 Å².